The lowest BCUT2D eigenvalue weighted by Crippen LogP contribution is -2.46. The molecular weight excluding hydrogens is 546 g/mol. The number of hydrogen-bond acceptors (Lipinski definition) is 7. The molecule has 0 bridgehead atoms. The third-order valence-corrected chi connectivity index (χ3v) is 8.12. The van der Waals surface area contributed by atoms with E-state index < -0.39 is 17.1 Å². The monoisotopic (exact) mass is 579 g/mol. The summed E-state index contributed by atoms with van der Waals surface area (Å²) in [4.78, 5) is 49.6. The Balaban J connectivity index is 1.36. The van der Waals surface area contributed by atoms with Gasteiger partial charge in [-0.05, 0) is 36.2 Å². The molecule has 11 heteroatoms. The van der Waals surface area contributed by atoms with Crippen molar-refractivity contribution in [3.63, 3.8) is 0 Å². The van der Waals surface area contributed by atoms with Gasteiger partial charge in [-0.1, -0.05) is 48.5 Å². The van der Waals surface area contributed by atoms with E-state index in [0.717, 1.165) is 47.5 Å². The van der Waals surface area contributed by atoms with Gasteiger partial charge in [0.05, 0.1) is 22.4 Å². The maximum atomic E-state index is 12.8. The van der Waals surface area contributed by atoms with Crippen LogP contribution < -0.4 is 26.7 Å². The smallest absolute Gasteiger partial charge is 0.331 e. The van der Waals surface area contributed by atoms with E-state index in [2.05, 4.69) is 31.9 Å². The van der Waals surface area contributed by atoms with Crippen molar-refractivity contribution in [3.05, 3.63) is 115 Å². The number of aryl methyl sites for hydroxylation is 3. The minimum atomic E-state index is -0.728. The number of aromatic hydroxyl groups is 1. The average Bonchev–Trinajstić information content (AvgIpc) is 3.24. The van der Waals surface area contributed by atoms with Crippen LogP contribution in [-0.4, -0.2) is 56.2 Å². The van der Waals surface area contributed by atoms with Crippen molar-refractivity contribution in [3.8, 4) is 5.88 Å². The topological polar surface area (TPSA) is 121 Å². The maximum Gasteiger partial charge on any atom is 0.331 e. The second-order valence-electron chi connectivity index (χ2n) is 10.7. The molecule has 0 atom stereocenters. The first kappa shape index (κ1) is 27.8. The number of piperazine rings is 1. The van der Waals surface area contributed by atoms with Crippen molar-refractivity contribution in [2.45, 2.75) is 13.0 Å². The highest BCUT2D eigenvalue weighted by Crippen LogP contribution is 2.34. The molecule has 1 saturated heterocycles. The first-order chi connectivity index (χ1) is 20.8. The van der Waals surface area contributed by atoms with Gasteiger partial charge < -0.3 is 14.9 Å². The minimum absolute atomic E-state index is 0.116. The van der Waals surface area contributed by atoms with Crippen LogP contribution in [0.4, 0.5) is 17.1 Å². The lowest BCUT2D eigenvalue weighted by atomic mass is 10.1. The van der Waals surface area contributed by atoms with Crippen molar-refractivity contribution >= 4 is 34.3 Å². The first-order valence-corrected chi connectivity index (χ1v) is 14.2. The molecule has 6 rings (SSSR count). The summed E-state index contributed by atoms with van der Waals surface area (Å²) in [6, 6.07) is 23.6. The first-order valence-electron chi connectivity index (χ1n) is 14.2. The fraction of sp³-hybridized carbons (Fsp3) is 0.250. The Morgan fingerprint density at radius 3 is 2.12 bits per heavy atom. The minimum Gasteiger partial charge on any atom is -0.494 e. The van der Waals surface area contributed by atoms with Crippen molar-refractivity contribution < 1.29 is 5.11 Å². The number of anilines is 2. The Bertz CT molecular complexity index is 1980. The van der Waals surface area contributed by atoms with Crippen LogP contribution in [0.25, 0.3) is 11.0 Å². The number of aliphatic imine (C=N–C) groups is 1. The summed E-state index contributed by atoms with van der Waals surface area (Å²) in [7, 11) is 3.44. The molecule has 3 aromatic carbocycles. The van der Waals surface area contributed by atoms with E-state index in [4.69, 9.17) is 0 Å². The number of nitrogens with one attached hydrogen (secondary N) is 1. The molecule has 1 aliphatic rings. The quantitative estimate of drug-likeness (QED) is 0.286. The molecule has 2 aromatic heterocycles. The zero-order chi connectivity index (χ0) is 30.1. The van der Waals surface area contributed by atoms with Gasteiger partial charge in [0, 0.05) is 58.7 Å². The molecule has 0 aliphatic carbocycles. The third-order valence-electron chi connectivity index (χ3n) is 8.12. The molecule has 2 N–H and O–H groups in total. The summed E-state index contributed by atoms with van der Waals surface area (Å²) in [5, 5.41) is 11.0. The number of aromatic amines is 1. The summed E-state index contributed by atoms with van der Waals surface area (Å²) in [6.07, 6.45) is 1.79. The van der Waals surface area contributed by atoms with Crippen LogP contribution >= 0.6 is 0 Å². The summed E-state index contributed by atoms with van der Waals surface area (Å²) >= 11 is 0. The Labute approximate surface area is 247 Å². The van der Waals surface area contributed by atoms with Gasteiger partial charge in [0.25, 0.3) is 5.56 Å². The van der Waals surface area contributed by atoms with Crippen LogP contribution in [0.5, 0.6) is 5.88 Å². The second kappa shape index (κ2) is 11.5. The second-order valence-corrected chi connectivity index (χ2v) is 10.7. The van der Waals surface area contributed by atoms with Gasteiger partial charge in [0.2, 0.25) is 5.88 Å². The fourth-order valence-corrected chi connectivity index (χ4v) is 5.64. The highest BCUT2D eigenvalue weighted by atomic mass is 16.3. The van der Waals surface area contributed by atoms with Crippen LogP contribution in [0.2, 0.25) is 0 Å². The highest BCUT2D eigenvalue weighted by molar-refractivity contribution is 5.92. The summed E-state index contributed by atoms with van der Waals surface area (Å²) in [6.45, 7) is 3.22. The number of hydrogen-bond donors (Lipinski definition) is 2. The number of H-pyrrole nitrogens is 1. The normalized spacial score (nSPS) is 13.8. The predicted molar refractivity (Wildman–Crippen MR) is 169 cm³/mol. The highest BCUT2D eigenvalue weighted by Gasteiger charge is 2.22. The summed E-state index contributed by atoms with van der Waals surface area (Å²) in [5.74, 6) is -0.445. The van der Waals surface area contributed by atoms with E-state index in [9.17, 15) is 19.5 Å². The standard InChI is InChI=1S/C32H33N7O4/c1-35-27-19-25(33-21-24-29(40)34-31(42)39(30(24)41)14-13-22-9-5-3-6-10-22)26(20-28(27)36(2)32(35)43)38-17-15-37(16-18-38)23-11-7-4-8-12-23/h3-12,19-21,41H,13-18H2,1-2H3,(H,34,40,42). The molecule has 5 aromatic rings. The molecule has 11 nitrogen and oxygen atoms in total. The Hall–Kier alpha value is -5.32. The SMILES string of the molecule is Cn1c(=O)n(C)c2cc(N3CCN(c4ccccc4)CC3)c(N=Cc3c(O)n(CCc4ccccc4)c(=O)[nH]c3=O)cc21. The van der Waals surface area contributed by atoms with Crippen molar-refractivity contribution in [1.82, 2.24) is 18.7 Å². The molecule has 1 fully saturated rings. The fourth-order valence-electron chi connectivity index (χ4n) is 5.64. The number of nitrogens with zero attached hydrogens (tertiary/aromatic N) is 6. The van der Waals surface area contributed by atoms with Crippen LogP contribution in [0, 0.1) is 0 Å². The number of imidazole rings is 1. The van der Waals surface area contributed by atoms with E-state index in [0.29, 0.717) is 17.6 Å². The van der Waals surface area contributed by atoms with Gasteiger partial charge >= 0.3 is 11.4 Å². The number of para-hydroxylation sites is 1. The van der Waals surface area contributed by atoms with Gasteiger partial charge in [-0.2, -0.15) is 0 Å². The Kier molecular flexibility index (Phi) is 7.45. The van der Waals surface area contributed by atoms with Crippen LogP contribution in [0.3, 0.4) is 0 Å². The van der Waals surface area contributed by atoms with Gasteiger partial charge in [-0.25, -0.2) is 9.59 Å². The van der Waals surface area contributed by atoms with Gasteiger partial charge in [0.15, 0.2) is 0 Å². The van der Waals surface area contributed by atoms with E-state index in [1.54, 1.807) is 23.2 Å². The molecule has 3 heterocycles. The Morgan fingerprint density at radius 1 is 0.837 bits per heavy atom. The number of aromatic nitrogens is 4. The molecule has 0 amide bonds. The molecule has 0 unspecified atom stereocenters. The molecule has 0 radical (unpaired) electrons. The van der Waals surface area contributed by atoms with Crippen LogP contribution in [-0.2, 0) is 27.1 Å². The van der Waals surface area contributed by atoms with E-state index in [1.165, 1.54) is 11.9 Å². The Morgan fingerprint density at radius 2 is 1.44 bits per heavy atom. The molecule has 220 valence electrons. The average molecular weight is 580 g/mol. The molecule has 0 spiro atoms. The number of fused-ring (bicyclic) bond motifs is 1. The maximum absolute atomic E-state index is 12.8. The van der Waals surface area contributed by atoms with Crippen molar-refractivity contribution in [2.24, 2.45) is 19.1 Å². The molecule has 43 heavy (non-hydrogen) atoms. The van der Waals surface area contributed by atoms with E-state index in [-0.39, 0.29) is 17.8 Å². The largest absolute Gasteiger partial charge is 0.494 e. The van der Waals surface area contributed by atoms with E-state index in [1.807, 2.05) is 60.7 Å². The molecule has 1 aliphatic heterocycles. The number of benzene rings is 3. The summed E-state index contributed by atoms with van der Waals surface area (Å²) < 4.78 is 4.30. The third kappa shape index (κ3) is 5.36. The lowest BCUT2D eigenvalue weighted by molar-refractivity contribution is 0.399. The van der Waals surface area contributed by atoms with Crippen LogP contribution in [0.1, 0.15) is 11.1 Å². The van der Waals surface area contributed by atoms with Crippen LogP contribution in [0.15, 0.2) is 92.2 Å². The zero-order valence-corrected chi connectivity index (χ0v) is 24.1. The van der Waals surface area contributed by atoms with E-state index >= 15 is 0 Å². The molecule has 0 saturated carbocycles. The molecular formula is C32H33N7O4. The predicted octanol–water partition coefficient (Wildman–Crippen LogP) is 2.75. The van der Waals surface area contributed by atoms with Gasteiger partial charge in [0.1, 0.15) is 5.56 Å². The van der Waals surface area contributed by atoms with Crippen molar-refractivity contribution in [2.75, 3.05) is 36.0 Å². The number of rotatable bonds is 7. The lowest BCUT2D eigenvalue weighted by Gasteiger charge is -2.37. The van der Waals surface area contributed by atoms with Gasteiger partial charge in [-0.3, -0.25) is 28.5 Å². The van der Waals surface area contributed by atoms with Crippen molar-refractivity contribution in [1.29, 1.82) is 0 Å². The van der Waals surface area contributed by atoms with Gasteiger partial charge in [-0.15, -0.1) is 0 Å². The summed E-state index contributed by atoms with van der Waals surface area (Å²) in [5.41, 5.74) is 3.28. The zero-order valence-electron chi connectivity index (χ0n) is 24.1.